The van der Waals surface area contributed by atoms with Gasteiger partial charge in [0.05, 0.1) is 12.3 Å². The van der Waals surface area contributed by atoms with Crippen molar-refractivity contribution in [3.63, 3.8) is 0 Å². The van der Waals surface area contributed by atoms with E-state index in [9.17, 15) is 0 Å². The van der Waals surface area contributed by atoms with Gasteiger partial charge in [0.2, 0.25) is 5.88 Å². The Balaban J connectivity index is 2.14. The van der Waals surface area contributed by atoms with Gasteiger partial charge in [0.1, 0.15) is 5.82 Å². The van der Waals surface area contributed by atoms with Gasteiger partial charge in [-0.05, 0) is 42.7 Å². The molecular weight excluding hydrogens is 250 g/mol. The lowest BCUT2D eigenvalue weighted by Gasteiger charge is -2.12. The van der Waals surface area contributed by atoms with Crippen LogP contribution in [0.25, 0.3) is 0 Å². The molecule has 1 aromatic carbocycles. The molecule has 0 saturated heterocycles. The maximum atomic E-state index is 5.88. The lowest BCUT2D eigenvalue weighted by Crippen LogP contribution is -2.08. The molecule has 0 atom stereocenters. The average molecular weight is 271 g/mol. The highest BCUT2D eigenvalue weighted by Crippen LogP contribution is 2.24. The van der Waals surface area contributed by atoms with Gasteiger partial charge in [-0.3, -0.25) is 0 Å². The van der Waals surface area contributed by atoms with Gasteiger partial charge < -0.3 is 15.8 Å². The van der Waals surface area contributed by atoms with Gasteiger partial charge in [-0.15, -0.1) is 0 Å². The first-order valence-electron chi connectivity index (χ1n) is 6.77. The third-order valence-corrected chi connectivity index (χ3v) is 2.73. The van der Waals surface area contributed by atoms with Crippen LogP contribution in [0.5, 0.6) is 5.88 Å². The second kappa shape index (κ2) is 6.28. The molecule has 0 spiro atoms. The molecule has 0 unspecified atom stereocenters. The second-order valence-corrected chi connectivity index (χ2v) is 5.29. The minimum Gasteiger partial charge on any atom is -0.476 e. The molecular formula is C16H21N3O. The fourth-order valence-electron chi connectivity index (χ4n) is 1.75. The number of hydrogen-bond donors (Lipinski definition) is 2. The third kappa shape index (κ3) is 3.88. The largest absolute Gasteiger partial charge is 0.476 e. The summed E-state index contributed by atoms with van der Waals surface area (Å²) in [7, 11) is 0. The SMILES string of the molecule is Cc1cccc(Nc2ccc(N)c(OCC(C)C)n2)c1. The number of nitrogens with one attached hydrogen (secondary N) is 1. The summed E-state index contributed by atoms with van der Waals surface area (Å²) in [5.74, 6) is 1.64. The van der Waals surface area contributed by atoms with E-state index in [4.69, 9.17) is 10.5 Å². The van der Waals surface area contributed by atoms with E-state index in [0.29, 0.717) is 24.1 Å². The highest BCUT2D eigenvalue weighted by Gasteiger charge is 2.06. The molecule has 0 radical (unpaired) electrons. The molecule has 0 aliphatic carbocycles. The molecule has 4 nitrogen and oxygen atoms in total. The number of hydrogen-bond acceptors (Lipinski definition) is 4. The molecule has 0 aliphatic heterocycles. The van der Waals surface area contributed by atoms with Gasteiger partial charge in [-0.1, -0.05) is 26.0 Å². The second-order valence-electron chi connectivity index (χ2n) is 5.29. The number of rotatable bonds is 5. The van der Waals surface area contributed by atoms with Crippen molar-refractivity contribution in [2.75, 3.05) is 17.7 Å². The Morgan fingerprint density at radius 3 is 2.75 bits per heavy atom. The number of benzene rings is 1. The average Bonchev–Trinajstić information content (AvgIpc) is 2.39. The molecule has 0 amide bonds. The number of pyridine rings is 1. The summed E-state index contributed by atoms with van der Waals surface area (Å²) in [6, 6.07) is 11.8. The number of nitrogens with two attached hydrogens (primary N) is 1. The zero-order valence-electron chi connectivity index (χ0n) is 12.2. The highest BCUT2D eigenvalue weighted by atomic mass is 16.5. The standard InChI is InChI=1S/C16H21N3O/c1-11(2)10-20-16-14(17)7-8-15(19-16)18-13-6-4-5-12(3)9-13/h4-9,11H,10,17H2,1-3H3,(H,18,19). The zero-order chi connectivity index (χ0) is 14.5. The van der Waals surface area contributed by atoms with Gasteiger partial charge in [-0.2, -0.15) is 4.98 Å². The number of ether oxygens (including phenoxy) is 1. The number of aromatic nitrogens is 1. The molecule has 0 aliphatic rings. The number of anilines is 3. The van der Waals surface area contributed by atoms with Crippen LogP contribution in [0, 0.1) is 12.8 Å². The molecule has 106 valence electrons. The highest BCUT2D eigenvalue weighted by molar-refractivity contribution is 5.61. The van der Waals surface area contributed by atoms with Crippen LogP contribution < -0.4 is 15.8 Å². The van der Waals surface area contributed by atoms with Crippen molar-refractivity contribution >= 4 is 17.2 Å². The molecule has 0 saturated carbocycles. The summed E-state index contributed by atoms with van der Waals surface area (Å²) in [6.07, 6.45) is 0. The number of aryl methyl sites for hydroxylation is 1. The number of nitrogens with zero attached hydrogens (tertiary/aromatic N) is 1. The van der Waals surface area contributed by atoms with Crippen molar-refractivity contribution in [1.29, 1.82) is 0 Å². The van der Waals surface area contributed by atoms with Crippen molar-refractivity contribution in [1.82, 2.24) is 4.98 Å². The van der Waals surface area contributed by atoms with E-state index in [1.165, 1.54) is 5.56 Å². The smallest absolute Gasteiger partial charge is 0.239 e. The van der Waals surface area contributed by atoms with Crippen LogP contribution >= 0.6 is 0 Å². The van der Waals surface area contributed by atoms with E-state index in [1.54, 1.807) is 6.07 Å². The van der Waals surface area contributed by atoms with E-state index in [0.717, 1.165) is 11.5 Å². The minimum atomic E-state index is 0.435. The van der Waals surface area contributed by atoms with Gasteiger partial charge in [0.15, 0.2) is 0 Å². The summed E-state index contributed by atoms with van der Waals surface area (Å²) in [4.78, 5) is 4.41. The first kappa shape index (κ1) is 14.2. The Labute approximate surface area is 120 Å². The lowest BCUT2D eigenvalue weighted by atomic mass is 10.2. The first-order chi connectivity index (χ1) is 9.54. The zero-order valence-corrected chi connectivity index (χ0v) is 12.2. The maximum Gasteiger partial charge on any atom is 0.239 e. The third-order valence-electron chi connectivity index (χ3n) is 2.73. The fraction of sp³-hybridized carbons (Fsp3) is 0.312. The molecule has 20 heavy (non-hydrogen) atoms. The van der Waals surface area contributed by atoms with Gasteiger partial charge >= 0.3 is 0 Å². The van der Waals surface area contributed by atoms with Gasteiger partial charge in [-0.25, -0.2) is 0 Å². The molecule has 3 N–H and O–H groups in total. The van der Waals surface area contributed by atoms with E-state index < -0.39 is 0 Å². The van der Waals surface area contributed by atoms with Crippen LogP contribution in [-0.4, -0.2) is 11.6 Å². The van der Waals surface area contributed by atoms with Crippen molar-refractivity contribution in [2.24, 2.45) is 5.92 Å². The monoisotopic (exact) mass is 271 g/mol. The Kier molecular flexibility index (Phi) is 4.45. The molecule has 0 fully saturated rings. The van der Waals surface area contributed by atoms with Crippen molar-refractivity contribution in [2.45, 2.75) is 20.8 Å². The lowest BCUT2D eigenvalue weighted by molar-refractivity contribution is 0.263. The Hall–Kier alpha value is -2.23. The van der Waals surface area contributed by atoms with Crippen molar-refractivity contribution in [3.05, 3.63) is 42.0 Å². The molecule has 1 aromatic heterocycles. The fourth-order valence-corrected chi connectivity index (χ4v) is 1.75. The maximum absolute atomic E-state index is 5.88. The normalized spacial score (nSPS) is 10.6. The van der Waals surface area contributed by atoms with Crippen LogP contribution in [0.2, 0.25) is 0 Å². The molecule has 2 rings (SSSR count). The van der Waals surface area contributed by atoms with Crippen LogP contribution in [0.15, 0.2) is 36.4 Å². The summed E-state index contributed by atoms with van der Waals surface area (Å²) in [6.45, 7) is 6.83. The summed E-state index contributed by atoms with van der Waals surface area (Å²) in [5.41, 5.74) is 8.63. The van der Waals surface area contributed by atoms with Crippen LogP contribution in [0.1, 0.15) is 19.4 Å². The Bertz CT molecular complexity index is 582. The van der Waals surface area contributed by atoms with E-state index in [1.807, 2.05) is 18.2 Å². The van der Waals surface area contributed by atoms with Crippen molar-refractivity contribution < 1.29 is 4.74 Å². The predicted molar refractivity (Wildman–Crippen MR) is 83.4 cm³/mol. The van der Waals surface area contributed by atoms with Crippen LogP contribution in [0.3, 0.4) is 0 Å². The first-order valence-corrected chi connectivity index (χ1v) is 6.77. The molecule has 4 heteroatoms. The van der Waals surface area contributed by atoms with Crippen LogP contribution in [-0.2, 0) is 0 Å². The van der Waals surface area contributed by atoms with E-state index >= 15 is 0 Å². The van der Waals surface area contributed by atoms with Crippen LogP contribution in [0.4, 0.5) is 17.2 Å². The minimum absolute atomic E-state index is 0.435. The summed E-state index contributed by atoms with van der Waals surface area (Å²) >= 11 is 0. The summed E-state index contributed by atoms with van der Waals surface area (Å²) in [5, 5.41) is 3.25. The molecule has 1 heterocycles. The van der Waals surface area contributed by atoms with E-state index in [-0.39, 0.29) is 0 Å². The predicted octanol–water partition coefficient (Wildman–Crippen LogP) is 3.75. The van der Waals surface area contributed by atoms with E-state index in [2.05, 4.69) is 43.2 Å². The topological polar surface area (TPSA) is 60.2 Å². The Morgan fingerprint density at radius 1 is 1.25 bits per heavy atom. The molecule has 2 aromatic rings. The van der Waals surface area contributed by atoms with Gasteiger partial charge in [0.25, 0.3) is 0 Å². The molecule has 0 bridgehead atoms. The van der Waals surface area contributed by atoms with Crippen molar-refractivity contribution in [3.8, 4) is 5.88 Å². The Morgan fingerprint density at radius 2 is 2.05 bits per heavy atom. The summed E-state index contributed by atoms with van der Waals surface area (Å²) < 4.78 is 5.62. The van der Waals surface area contributed by atoms with Gasteiger partial charge in [0, 0.05) is 5.69 Å². The quantitative estimate of drug-likeness (QED) is 0.869. The number of nitrogen functional groups attached to an aromatic ring is 1.